The molecule has 0 bridgehead atoms. The number of hydrogen-bond acceptors (Lipinski definition) is 5. The third-order valence-corrected chi connectivity index (χ3v) is 4.12. The van der Waals surface area contributed by atoms with Crippen LogP contribution >= 0.6 is 0 Å². The number of rotatable bonds is 4. The van der Waals surface area contributed by atoms with Gasteiger partial charge >= 0.3 is 0 Å². The third kappa shape index (κ3) is 3.62. The van der Waals surface area contributed by atoms with E-state index in [-0.39, 0.29) is 17.5 Å². The Labute approximate surface area is 120 Å². The van der Waals surface area contributed by atoms with E-state index in [1.54, 1.807) is 12.1 Å². The molecule has 5 heteroatoms. The van der Waals surface area contributed by atoms with Crippen LogP contribution in [0.3, 0.4) is 0 Å². The first-order chi connectivity index (χ1) is 9.47. The molecule has 1 aliphatic heterocycles. The van der Waals surface area contributed by atoms with E-state index in [1.807, 2.05) is 6.92 Å². The number of phenolic OH excluding ortho intramolecular Hbond substituents is 2. The lowest BCUT2D eigenvalue weighted by molar-refractivity contribution is 0.111. The van der Waals surface area contributed by atoms with Crippen LogP contribution in [0.4, 0.5) is 0 Å². The maximum atomic E-state index is 9.87. The number of nitrogens with one attached hydrogen (secondary N) is 1. The van der Waals surface area contributed by atoms with Crippen LogP contribution in [0.15, 0.2) is 18.2 Å². The van der Waals surface area contributed by atoms with Crippen molar-refractivity contribution >= 4 is 0 Å². The Balaban J connectivity index is 1.92. The molecule has 3 N–H and O–H groups in total. The molecule has 1 aromatic carbocycles. The van der Waals surface area contributed by atoms with Crippen LogP contribution in [0.25, 0.3) is 0 Å². The Morgan fingerprint density at radius 2 is 2.05 bits per heavy atom. The highest BCUT2D eigenvalue weighted by Gasteiger charge is 2.22. The van der Waals surface area contributed by atoms with Gasteiger partial charge < -0.3 is 20.4 Å². The number of nitrogens with zero attached hydrogens (tertiary/aromatic N) is 2. The molecule has 1 aliphatic rings. The second-order valence-corrected chi connectivity index (χ2v) is 5.77. The van der Waals surface area contributed by atoms with Gasteiger partial charge in [-0.3, -0.25) is 4.90 Å². The fourth-order valence-corrected chi connectivity index (χ4v) is 2.64. The predicted molar refractivity (Wildman–Crippen MR) is 80.1 cm³/mol. The minimum Gasteiger partial charge on any atom is -0.508 e. The summed E-state index contributed by atoms with van der Waals surface area (Å²) in [5, 5.41) is 22.7. The zero-order valence-corrected chi connectivity index (χ0v) is 12.5. The van der Waals surface area contributed by atoms with E-state index in [0.717, 1.165) is 31.7 Å². The van der Waals surface area contributed by atoms with E-state index in [1.165, 1.54) is 6.07 Å². The number of aromatic hydroxyl groups is 2. The minimum absolute atomic E-state index is 0.0521. The highest BCUT2D eigenvalue weighted by atomic mass is 16.3. The molecular formula is C15H25N3O2. The minimum atomic E-state index is 0.0521. The molecule has 1 saturated heterocycles. The zero-order valence-electron chi connectivity index (χ0n) is 12.5. The van der Waals surface area contributed by atoms with E-state index in [0.29, 0.717) is 6.04 Å². The zero-order chi connectivity index (χ0) is 14.7. The second-order valence-electron chi connectivity index (χ2n) is 5.77. The quantitative estimate of drug-likeness (QED) is 0.767. The van der Waals surface area contributed by atoms with E-state index in [9.17, 15) is 10.2 Å². The molecule has 2 rings (SSSR count). The van der Waals surface area contributed by atoms with Gasteiger partial charge in [0.2, 0.25) is 0 Å². The summed E-state index contributed by atoms with van der Waals surface area (Å²) >= 11 is 0. The van der Waals surface area contributed by atoms with Gasteiger partial charge in [-0.15, -0.1) is 0 Å². The number of hydrogen-bond donors (Lipinski definition) is 3. The lowest BCUT2D eigenvalue weighted by Crippen LogP contribution is -2.53. The largest absolute Gasteiger partial charge is 0.508 e. The molecule has 2 atom stereocenters. The monoisotopic (exact) mass is 279 g/mol. The van der Waals surface area contributed by atoms with E-state index in [4.69, 9.17) is 0 Å². The first-order valence-electron chi connectivity index (χ1n) is 7.11. The summed E-state index contributed by atoms with van der Waals surface area (Å²) in [7, 11) is 4.30. The maximum Gasteiger partial charge on any atom is 0.124 e. The van der Waals surface area contributed by atoms with Crippen LogP contribution < -0.4 is 5.32 Å². The van der Waals surface area contributed by atoms with E-state index < -0.39 is 0 Å². The van der Waals surface area contributed by atoms with Crippen LogP contribution in [0.5, 0.6) is 11.5 Å². The Kier molecular flexibility index (Phi) is 4.86. The number of benzene rings is 1. The summed E-state index contributed by atoms with van der Waals surface area (Å²) in [6.07, 6.45) is 0. The fraction of sp³-hybridized carbons (Fsp3) is 0.600. The van der Waals surface area contributed by atoms with Crippen LogP contribution in [-0.4, -0.2) is 66.3 Å². The third-order valence-electron chi connectivity index (χ3n) is 4.12. The molecule has 1 fully saturated rings. The molecule has 112 valence electrons. The average molecular weight is 279 g/mol. The molecule has 5 nitrogen and oxygen atoms in total. The van der Waals surface area contributed by atoms with Crippen molar-refractivity contribution in [3.05, 3.63) is 23.8 Å². The summed E-state index contributed by atoms with van der Waals surface area (Å²) in [5.41, 5.74) is 0.814. The molecule has 0 amide bonds. The predicted octanol–water partition coefficient (Wildman–Crippen LogP) is 0.994. The molecule has 0 radical (unpaired) electrons. The molecule has 1 heterocycles. The van der Waals surface area contributed by atoms with Crippen molar-refractivity contribution in [2.75, 3.05) is 40.3 Å². The lowest BCUT2D eigenvalue weighted by Gasteiger charge is -2.38. The van der Waals surface area contributed by atoms with Gasteiger partial charge in [0.05, 0.1) is 0 Å². The average Bonchev–Trinajstić information content (AvgIpc) is 2.39. The van der Waals surface area contributed by atoms with Crippen molar-refractivity contribution in [3.8, 4) is 11.5 Å². The SMILES string of the molecule is CC(NCC1CN(C)CCN1C)c1ccc(O)cc1O. The molecule has 20 heavy (non-hydrogen) atoms. The highest BCUT2D eigenvalue weighted by molar-refractivity contribution is 5.40. The van der Waals surface area contributed by atoms with E-state index >= 15 is 0 Å². The molecule has 0 aromatic heterocycles. The van der Waals surface area contributed by atoms with Gasteiger partial charge in [-0.1, -0.05) is 6.07 Å². The Hall–Kier alpha value is -1.30. The smallest absolute Gasteiger partial charge is 0.124 e. The Morgan fingerprint density at radius 3 is 2.75 bits per heavy atom. The van der Waals surface area contributed by atoms with Gasteiger partial charge in [0.1, 0.15) is 11.5 Å². The van der Waals surface area contributed by atoms with Gasteiger partial charge in [-0.25, -0.2) is 0 Å². The van der Waals surface area contributed by atoms with Crippen molar-refractivity contribution in [2.24, 2.45) is 0 Å². The fourth-order valence-electron chi connectivity index (χ4n) is 2.64. The number of likely N-dealkylation sites (N-methyl/N-ethyl adjacent to an activating group) is 2. The summed E-state index contributed by atoms with van der Waals surface area (Å²) in [6.45, 7) is 6.15. The number of piperazine rings is 1. The summed E-state index contributed by atoms with van der Waals surface area (Å²) in [5.74, 6) is 0.228. The summed E-state index contributed by atoms with van der Waals surface area (Å²) in [6, 6.07) is 5.28. The van der Waals surface area contributed by atoms with Crippen molar-refractivity contribution in [1.29, 1.82) is 0 Å². The van der Waals surface area contributed by atoms with Crippen molar-refractivity contribution in [1.82, 2.24) is 15.1 Å². The first-order valence-corrected chi connectivity index (χ1v) is 7.11. The molecular weight excluding hydrogens is 254 g/mol. The second kappa shape index (κ2) is 6.43. The van der Waals surface area contributed by atoms with Crippen LogP contribution in [0, 0.1) is 0 Å². The van der Waals surface area contributed by atoms with Gasteiger partial charge in [0.25, 0.3) is 0 Å². The Morgan fingerprint density at radius 1 is 1.30 bits per heavy atom. The van der Waals surface area contributed by atoms with Crippen LogP contribution in [0.2, 0.25) is 0 Å². The summed E-state index contributed by atoms with van der Waals surface area (Å²) in [4.78, 5) is 4.71. The van der Waals surface area contributed by atoms with Crippen LogP contribution in [0.1, 0.15) is 18.5 Å². The standard InChI is InChI=1S/C15H25N3O2/c1-11(14-5-4-13(19)8-15(14)20)16-9-12-10-17(2)6-7-18(12)3/h4-5,8,11-12,16,19-20H,6-7,9-10H2,1-3H3. The van der Waals surface area contributed by atoms with Gasteiger partial charge in [0.15, 0.2) is 0 Å². The van der Waals surface area contributed by atoms with Gasteiger partial charge in [0, 0.05) is 49.9 Å². The summed E-state index contributed by atoms with van der Waals surface area (Å²) < 4.78 is 0. The maximum absolute atomic E-state index is 9.87. The van der Waals surface area contributed by atoms with Crippen molar-refractivity contribution < 1.29 is 10.2 Å². The van der Waals surface area contributed by atoms with Gasteiger partial charge in [-0.2, -0.15) is 0 Å². The molecule has 2 unspecified atom stereocenters. The van der Waals surface area contributed by atoms with Crippen LogP contribution in [-0.2, 0) is 0 Å². The van der Waals surface area contributed by atoms with Crippen molar-refractivity contribution in [2.45, 2.75) is 19.0 Å². The lowest BCUT2D eigenvalue weighted by atomic mass is 10.1. The van der Waals surface area contributed by atoms with E-state index in [2.05, 4.69) is 29.2 Å². The topological polar surface area (TPSA) is 59.0 Å². The number of phenols is 2. The molecule has 0 aliphatic carbocycles. The Bertz CT molecular complexity index is 453. The van der Waals surface area contributed by atoms with Gasteiger partial charge in [-0.05, 0) is 27.1 Å². The molecule has 1 aromatic rings. The highest BCUT2D eigenvalue weighted by Crippen LogP contribution is 2.27. The first kappa shape index (κ1) is 15.1. The normalized spacial score (nSPS) is 22.9. The molecule has 0 saturated carbocycles. The van der Waals surface area contributed by atoms with Crippen molar-refractivity contribution in [3.63, 3.8) is 0 Å². The molecule has 0 spiro atoms.